The van der Waals surface area contributed by atoms with E-state index in [1.807, 2.05) is 20.9 Å². The third kappa shape index (κ3) is 3.72. The molecule has 112 valence electrons. The van der Waals surface area contributed by atoms with Crippen LogP contribution in [0.1, 0.15) is 24.2 Å². The van der Waals surface area contributed by atoms with Gasteiger partial charge in [0.25, 0.3) is 5.91 Å². The molecule has 1 aliphatic heterocycles. The highest BCUT2D eigenvalue weighted by atomic mass is 16.5. The Balaban J connectivity index is 1.69. The van der Waals surface area contributed by atoms with Crippen LogP contribution in [0.25, 0.3) is 0 Å². The number of nitrogens with one attached hydrogen (secondary N) is 2. The van der Waals surface area contributed by atoms with Crippen LogP contribution in [0.5, 0.6) is 5.75 Å². The van der Waals surface area contributed by atoms with Crippen LogP contribution in [-0.4, -0.2) is 41.9 Å². The fourth-order valence-electron chi connectivity index (χ4n) is 2.53. The second-order valence-corrected chi connectivity index (χ2v) is 5.41. The highest BCUT2D eigenvalue weighted by molar-refractivity contribution is 5.77. The van der Waals surface area contributed by atoms with E-state index < -0.39 is 0 Å². The highest BCUT2D eigenvalue weighted by Gasteiger charge is 2.15. The van der Waals surface area contributed by atoms with Gasteiger partial charge in [0.1, 0.15) is 5.69 Å². The Morgan fingerprint density at radius 2 is 2.35 bits per heavy atom. The molecule has 1 saturated heterocycles. The van der Waals surface area contributed by atoms with Crippen molar-refractivity contribution < 1.29 is 9.53 Å². The van der Waals surface area contributed by atoms with Gasteiger partial charge in [-0.1, -0.05) is 0 Å². The van der Waals surface area contributed by atoms with E-state index in [1.165, 1.54) is 6.42 Å². The molecule has 2 rings (SSSR count). The molecule has 6 nitrogen and oxygen atoms in total. The summed E-state index contributed by atoms with van der Waals surface area (Å²) in [6.07, 6.45) is 2.24. The Labute approximate surface area is 119 Å². The number of nitrogens with zero attached hydrogens (tertiary/aromatic N) is 2. The molecule has 1 unspecified atom stereocenters. The van der Waals surface area contributed by atoms with Crippen LogP contribution in [0.3, 0.4) is 0 Å². The van der Waals surface area contributed by atoms with Crippen molar-refractivity contribution in [2.24, 2.45) is 13.0 Å². The predicted molar refractivity (Wildman–Crippen MR) is 76.8 cm³/mol. The summed E-state index contributed by atoms with van der Waals surface area (Å²) in [5, 5.41) is 10.5. The van der Waals surface area contributed by atoms with E-state index in [0.29, 0.717) is 11.7 Å². The minimum atomic E-state index is -0.0707. The molecule has 0 bridgehead atoms. The highest BCUT2D eigenvalue weighted by Crippen LogP contribution is 2.20. The smallest absolute Gasteiger partial charge is 0.257 e. The lowest BCUT2D eigenvalue weighted by molar-refractivity contribution is -0.123. The molecule has 1 aromatic heterocycles. The molecule has 0 radical (unpaired) electrons. The number of hydrogen-bond donors (Lipinski definition) is 2. The van der Waals surface area contributed by atoms with E-state index in [-0.39, 0.29) is 12.5 Å². The number of hydrogen-bond acceptors (Lipinski definition) is 4. The Morgan fingerprint density at radius 1 is 1.55 bits per heavy atom. The number of aromatic nitrogens is 2. The summed E-state index contributed by atoms with van der Waals surface area (Å²) in [7, 11) is 1.87. The number of rotatable bonds is 6. The summed E-state index contributed by atoms with van der Waals surface area (Å²) in [5.41, 5.74) is 1.75. The first-order chi connectivity index (χ1) is 9.58. The number of aryl methyl sites for hydroxylation is 2. The van der Waals surface area contributed by atoms with Crippen molar-refractivity contribution in [3.05, 3.63) is 11.4 Å². The fourth-order valence-corrected chi connectivity index (χ4v) is 2.53. The minimum Gasteiger partial charge on any atom is -0.480 e. The molecule has 1 fully saturated rings. The van der Waals surface area contributed by atoms with Crippen molar-refractivity contribution in [3.8, 4) is 5.75 Å². The third-order valence-corrected chi connectivity index (χ3v) is 3.83. The van der Waals surface area contributed by atoms with Crippen molar-refractivity contribution in [3.63, 3.8) is 0 Å². The SMILES string of the molecule is Cc1nn(C)c(C)c1OCC(=O)NCCC1CCNC1. The molecule has 2 heterocycles. The Morgan fingerprint density at radius 3 is 2.95 bits per heavy atom. The van der Waals surface area contributed by atoms with Gasteiger partial charge in [-0.25, -0.2) is 0 Å². The van der Waals surface area contributed by atoms with Gasteiger partial charge in [0.05, 0.1) is 5.69 Å². The van der Waals surface area contributed by atoms with Crippen LogP contribution in [0, 0.1) is 19.8 Å². The molecule has 0 aliphatic carbocycles. The molecule has 0 spiro atoms. The summed E-state index contributed by atoms with van der Waals surface area (Å²) < 4.78 is 7.32. The molecular weight excluding hydrogens is 256 g/mol. The molecule has 1 amide bonds. The molecule has 0 saturated carbocycles. The molecular formula is C14H24N4O2. The van der Waals surface area contributed by atoms with Crippen molar-refractivity contribution in [1.82, 2.24) is 20.4 Å². The monoisotopic (exact) mass is 280 g/mol. The number of carbonyl (C=O) groups is 1. The van der Waals surface area contributed by atoms with Crippen LogP contribution in [-0.2, 0) is 11.8 Å². The lowest BCUT2D eigenvalue weighted by atomic mass is 10.1. The second kappa shape index (κ2) is 6.74. The molecule has 20 heavy (non-hydrogen) atoms. The zero-order valence-corrected chi connectivity index (χ0v) is 12.5. The first-order valence-electron chi connectivity index (χ1n) is 7.18. The van der Waals surface area contributed by atoms with E-state index in [4.69, 9.17) is 4.74 Å². The van der Waals surface area contributed by atoms with Gasteiger partial charge < -0.3 is 15.4 Å². The van der Waals surface area contributed by atoms with Crippen molar-refractivity contribution in [2.45, 2.75) is 26.7 Å². The maximum Gasteiger partial charge on any atom is 0.257 e. The fraction of sp³-hybridized carbons (Fsp3) is 0.714. The summed E-state index contributed by atoms with van der Waals surface area (Å²) in [6, 6.07) is 0. The zero-order valence-electron chi connectivity index (χ0n) is 12.5. The average molecular weight is 280 g/mol. The topological polar surface area (TPSA) is 68.2 Å². The van der Waals surface area contributed by atoms with Gasteiger partial charge in [0.2, 0.25) is 0 Å². The van der Waals surface area contributed by atoms with Crippen molar-refractivity contribution in [2.75, 3.05) is 26.2 Å². The average Bonchev–Trinajstić information content (AvgIpc) is 2.98. The van der Waals surface area contributed by atoms with Gasteiger partial charge in [-0.2, -0.15) is 5.10 Å². The van der Waals surface area contributed by atoms with Crippen molar-refractivity contribution >= 4 is 5.91 Å². The Hall–Kier alpha value is -1.56. The predicted octanol–water partition coefficient (Wildman–Crippen LogP) is 0.532. The van der Waals surface area contributed by atoms with Crippen LogP contribution in [0.2, 0.25) is 0 Å². The van der Waals surface area contributed by atoms with E-state index in [9.17, 15) is 4.79 Å². The Kier molecular flexibility index (Phi) is 5.00. The summed E-state index contributed by atoms with van der Waals surface area (Å²) in [6.45, 7) is 6.76. The van der Waals surface area contributed by atoms with Crippen LogP contribution in [0.15, 0.2) is 0 Å². The maximum atomic E-state index is 11.7. The minimum absolute atomic E-state index is 0.0519. The molecule has 2 N–H and O–H groups in total. The van der Waals surface area contributed by atoms with E-state index in [2.05, 4.69) is 15.7 Å². The van der Waals surface area contributed by atoms with Gasteiger partial charge in [-0.3, -0.25) is 9.48 Å². The lowest BCUT2D eigenvalue weighted by Gasteiger charge is -2.10. The first-order valence-corrected chi connectivity index (χ1v) is 7.18. The molecule has 1 aliphatic rings. The van der Waals surface area contributed by atoms with Crippen molar-refractivity contribution in [1.29, 1.82) is 0 Å². The lowest BCUT2D eigenvalue weighted by Crippen LogP contribution is -2.31. The number of ether oxygens (including phenoxy) is 1. The standard InChI is InChI=1S/C14H24N4O2/c1-10-14(11(2)18(3)17-10)20-9-13(19)16-7-5-12-4-6-15-8-12/h12,15H,4-9H2,1-3H3,(H,16,19). The summed E-state index contributed by atoms with van der Waals surface area (Å²) in [5.74, 6) is 1.33. The molecule has 0 aromatic carbocycles. The third-order valence-electron chi connectivity index (χ3n) is 3.83. The van der Waals surface area contributed by atoms with E-state index in [1.54, 1.807) is 4.68 Å². The molecule has 1 atom stereocenters. The van der Waals surface area contributed by atoms with Gasteiger partial charge in [-0.15, -0.1) is 0 Å². The normalized spacial score (nSPS) is 18.2. The van der Waals surface area contributed by atoms with Gasteiger partial charge >= 0.3 is 0 Å². The summed E-state index contributed by atoms with van der Waals surface area (Å²) in [4.78, 5) is 11.7. The number of amides is 1. The first kappa shape index (κ1) is 14.8. The molecule has 6 heteroatoms. The Bertz CT molecular complexity index is 464. The largest absolute Gasteiger partial charge is 0.480 e. The quantitative estimate of drug-likeness (QED) is 0.798. The van der Waals surface area contributed by atoms with E-state index in [0.717, 1.165) is 37.4 Å². The van der Waals surface area contributed by atoms with Gasteiger partial charge in [0.15, 0.2) is 12.4 Å². The van der Waals surface area contributed by atoms with Crippen LogP contribution in [0.4, 0.5) is 0 Å². The zero-order chi connectivity index (χ0) is 14.5. The second-order valence-electron chi connectivity index (χ2n) is 5.41. The van der Waals surface area contributed by atoms with Gasteiger partial charge in [-0.05, 0) is 45.7 Å². The summed E-state index contributed by atoms with van der Waals surface area (Å²) >= 11 is 0. The van der Waals surface area contributed by atoms with Crippen LogP contribution >= 0.6 is 0 Å². The maximum absolute atomic E-state index is 11.7. The van der Waals surface area contributed by atoms with Crippen LogP contribution < -0.4 is 15.4 Å². The van der Waals surface area contributed by atoms with E-state index >= 15 is 0 Å². The molecule has 1 aromatic rings. The number of carbonyl (C=O) groups excluding carboxylic acids is 1. The van der Waals surface area contributed by atoms with Gasteiger partial charge in [0, 0.05) is 13.6 Å².